The molecule has 2 heterocycles. The summed E-state index contributed by atoms with van der Waals surface area (Å²) in [6, 6.07) is 6.94. The Hall–Kier alpha value is -2.96. The second-order valence-electron chi connectivity index (χ2n) is 10.8. The molecule has 1 aliphatic rings. The van der Waals surface area contributed by atoms with E-state index in [1.165, 1.54) is 17.7 Å². The maximum absolute atomic E-state index is 13.6. The highest BCUT2D eigenvalue weighted by atomic mass is 31.2. The number of nitrogens with one attached hydrogen (secondary N) is 2. The van der Waals surface area contributed by atoms with Crippen LogP contribution in [0.15, 0.2) is 58.0 Å². The third-order valence-corrected chi connectivity index (χ3v) is 12.7. The van der Waals surface area contributed by atoms with Crippen LogP contribution < -0.4 is 20.9 Å². The van der Waals surface area contributed by atoms with Crippen molar-refractivity contribution in [1.29, 1.82) is 0 Å². The number of carbonyl (C=O) groups is 1. The molecule has 3 rings (SSSR count). The third kappa shape index (κ3) is 7.58. The van der Waals surface area contributed by atoms with E-state index in [1.807, 2.05) is 13.1 Å². The molecule has 0 saturated carbocycles. The zero-order valence-corrected chi connectivity index (χ0v) is 25.0. The molecule has 0 saturated heterocycles. The van der Waals surface area contributed by atoms with Crippen LogP contribution in [0, 0.1) is 6.92 Å². The monoisotopic (exact) mass is 581 g/mol. The first-order valence-electron chi connectivity index (χ1n) is 12.4. The first kappa shape index (κ1) is 30.6. The number of aryl methyl sites for hydroxylation is 1. The Labute approximate surface area is 227 Å². The quantitative estimate of drug-likeness (QED) is 0.262. The number of rotatable bonds is 11. The summed E-state index contributed by atoms with van der Waals surface area (Å²) in [5.41, 5.74) is -0.878. The van der Waals surface area contributed by atoms with Crippen LogP contribution in [0.5, 0.6) is 5.75 Å². The van der Waals surface area contributed by atoms with Crippen LogP contribution in [-0.2, 0) is 23.0 Å². The van der Waals surface area contributed by atoms with Gasteiger partial charge in [-0.25, -0.2) is 9.36 Å². The molecule has 0 aliphatic carbocycles. The second-order valence-corrected chi connectivity index (χ2v) is 17.3. The fourth-order valence-electron chi connectivity index (χ4n) is 3.36. The molecule has 1 aromatic carbocycles. The minimum Gasteiger partial charge on any atom is -0.480 e. The van der Waals surface area contributed by atoms with Crippen molar-refractivity contribution in [2.75, 3.05) is 6.61 Å². The molecule has 0 fully saturated rings. The van der Waals surface area contributed by atoms with Gasteiger partial charge in [0.1, 0.15) is 30.3 Å². The lowest BCUT2D eigenvalue weighted by molar-refractivity contribution is -0.138. The Balaban J connectivity index is 1.91. The Bertz CT molecular complexity index is 1380. The Morgan fingerprint density at radius 1 is 1.26 bits per heavy atom. The number of benzene rings is 1. The van der Waals surface area contributed by atoms with E-state index in [-0.39, 0.29) is 23.2 Å². The SMILES string of the molecule is Cc1cn([C@@H]2OC(CO[P@@](=O)(NC(C)C(=O)O)Oc3ccccc3)=C[C@H]2O[Si](C)(C)C(C)(C)C)c(=O)[nH]c1=O. The highest BCUT2D eigenvalue weighted by Gasteiger charge is 2.44. The maximum Gasteiger partial charge on any atom is 0.459 e. The fraction of sp³-hybridized carbons (Fsp3) is 0.480. The predicted molar refractivity (Wildman–Crippen MR) is 147 cm³/mol. The molecule has 0 bridgehead atoms. The smallest absolute Gasteiger partial charge is 0.459 e. The highest BCUT2D eigenvalue weighted by molar-refractivity contribution is 7.52. The Morgan fingerprint density at radius 3 is 2.49 bits per heavy atom. The minimum absolute atomic E-state index is 0.160. The molecule has 1 aromatic heterocycles. The molecule has 12 nitrogen and oxygen atoms in total. The van der Waals surface area contributed by atoms with Gasteiger partial charge >= 0.3 is 19.4 Å². The summed E-state index contributed by atoms with van der Waals surface area (Å²) < 4.78 is 38.6. The molecule has 4 atom stereocenters. The van der Waals surface area contributed by atoms with Gasteiger partial charge in [-0.3, -0.25) is 23.7 Å². The lowest BCUT2D eigenvalue weighted by atomic mass is 10.2. The number of hydrogen-bond donors (Lipinski definition) is 3. The van der Waals surface area contributed by atoms with Crippen molar-refractivity contribution in [3.05, 3.63) is 74.8 Å². The number of hydrogen-bond acceptors (Lipinski definition) is 8. The van der Waals surface area contributed by atoms with E-state index >= 15 is 0 Å². The number of nitrogens with zero attached hydrogens (tertiary/aromatic N) is 1. The van der Waals surface area contributed by atoms with E-state index in [0.717, 1.165) is 0 Å². The molecular weight excluding hydrogens is 545 g/mol. The number of aromatic amines is 1. The molecule has 1 aliphatic heterocycles. The maximum atomic E-state index is 13.6. The van der Waals surface area contributed by atoms with Crippen LogP contribution in [0.1, 0.15) is 39.5 Å². The number of para-hydroxylation sites is 1. The zero-order valence-electron chi connectivity index (χ0n) is 23.1. The van der Waals surface area contributed by atoms with Crippen molar-refractivity contribution in [1.82, 2.24) is 14.6 Å². The van der Waals surface area contributed by atoms with Crippen LogP contribution in [-0.4, -0.2) is 47.7 Å². The van der Waals surface area contributed by atoms with Gasteiger partial charge in [-0.15, -0.1) is 0 Å². The van der Waals surface area contributed by atoms with Gasteiger partial charge in [0, 0.05) is 11.8 Å². The zero-order chi connectivity index (χ0) is 29.2. The van der Waals surface area contributed by atoms with Crippen LogP contribution in [0.3, 0.4) is 0 Å². The number of aromatic nitrogens is 2. The van der Waals surface area contributed by atoms with Gasteiger partial charge < -0.3 is 18.8 Å². The van der Waals surface area contributed by atoms with Gasteiger partial charge in [0.25, 0.3) is 5.56 Å². The third-order valence-electron chi connectivity index (χ3n) is 6.63. The standard InChI is InChI=1S/C25H36N3O9PSi/c1-16-14-28(24(32)26-21(16)29)22-20(37-39(6,7)25(3,4)5)13-19(35-22)15-34-38(33,27-17(2)23(30)31)36-18-11-9-8-10-12-18/h8-14,17,20,22H,15H2,1-7H3,(H,27,33)(H,30,31)(H,26,29,32)/t17?,20-,22-,38+/m1/s1. The van der Waals surface area contributed by atoms with Gasteiger partial charge in [0.05, 0.1) is 0 Å². The van der Waals surface area contributed by atoms with E-state index in [9.17, 15) is 24.1 Å². The second kappa shape index (κ2) is 11.6. The average Bonchev–Trinajstić information content (AvgIpc) is 3.21. The summed E-state index contributed by atoms with van der Waals surface area (Å²) in [5.74, 6) is -0.844. The Morgan fingerprint density at radius 2 is 1.90 bits per heavy atom. The Kier molecular flexibility index (Phi) is 9.13. The summed E-state index contributed by atoms with van der Waals surface area (Å²) in [7, 11) is -6.58. The number of aliphatic carboxylic acids is 1. The summed E-state index contributed by atoms with van der Waals surface area (Å²) in [6.07, 6.45) is 1.32. The molecule has 39 heavy (non-hydrogen) atoms. The van der Waals surface area contributed by atoms with E-state index < -0.39 is 51.7 Å². The normalized spacial score (nSPS) is 20.0. The van der Waals surface area contributed by atoms with Crippen molar-refractivity contribution < 1.29 is 32.7 Å². The van der Waals surface area contributed by atoms with Gasteiger partial charge in [-0.1, -0.05) is 39.0 Å². The number of carboxylic acid groups (broad SMARTS) is 1. The lowest BCUT2D eigenvalue weighted by Gasteiger charge is -2.39. The lowest BCUT2D eigenvalue weighted by Crippen LogP contribution is -2.46. The van der Waals surface area contributed by atoms with Crippen molar-refractivity contribution in [3.63, 3.8) is 0 Å². The highest BCUT2D eigenvalue weighted by Crippen LogP contribution is 2.46. The first-order valence-corrected chi connectivity index (χ1v) is 16.8. The number of ether oxygens (including phenoxy) is 1. The van der Waals surface area contributed by atoms with Gasteiger partial charge in [0.2, 0.25) is 6.23 Å². The van der Waals surface area contributed by atoms with E-state index in [4.69, 9.17) is 18.2 Å². The topological polar surface area (TPSA) is 158 Å². The van der Waals surface area contributed by atoms with Crippen molar-refractivity contribution in [2.45, 2.75) is 71.1 Å². The van der Waals surface area contributed by atoms with Crippen molar-refractivity contribution >= 4 is 22.0 Å². The molecule has 0 radical (unpaired) electrons. The van der Waals surface area contributed by atoms with E-state index in [2.05, 4.69) is 30.8 Å². The molecule has 14 heteroatoms. The molecule has 2 aromatic rings. The average molecular weight is 582 g/mol. The fourth-order valence-corrected chi connectivity index (χ4v) is 6.04. The molecule has 3 N–H and O–H groups in total. The van der Waals surface area contributed by atoms with E-state index in [0.29, 0.717) is 5.56 Å². The van der Waals surface area contributed by atoms with Crippen molar-refractivity contribution in [2.24, 2.45) is 0 Å². The van der Waals surface area contributed by atoms with Gasteiger partial charge in [-0.2, -0.15) is 5.09 Å². The summed E-state index contributed by atoms with van der Waals surface area (Å²) >= 11 is 0. The van der Waals surface area contributed by atoms with Crippen LogP contribution in [0.4, 0.5) is 0 Å². The molecule has 0 amide bonds. The largest absolute Gasteiger partial charge is 0.480 e. The summed E-state index contributed by atoms with van der Waals surface area (Å²) in [6.45, 7) is 12.8. The summed E-state index contributed by atoms with van der Waals surface area (Å²) in [5, 5.41) is 11.6. The van der Waals surface area contributed by atoms with Crippen LogP contribution in [0.25, 0.3) is 0 Å². The molecule has 0 spiro atoms. The van der Waals surface area contributed by atoms with Crippen LogP contribution in [0.2, 0.25) is 18.1 Å². The first-order chi connectivity index (χ1) is 18.0. The minimum atomic E-state index is -4.21. The molecule has 1 unspecified atom stereocenters. The van der Waals surface area contributed by atoms with Crippen molar-refractivity contribution in [3.8, 4) is 5.75 Å². The molecule has 214 valence electrons. The van der Waals surface area contributed by atoms with Gasteiger partial charge in [0.15, 0.2) is 8.32 Å². The van der Waals surface area contributed by atoms with Crippen LogP contribution >= 0.6 is 7.75 Å². The number of H-pyrrole nitrogens is 1. The van der Waals surface area contributed by atoms with Gasteiger partial charge in [-0.05, 0) is 50.2 Å². The predicted octanol–water partition coefficient (Wildman–Crippen LogP) is 3.91. The number of carboxylic acids is 1. The molecular formula is C25H36N3O9PSi. The summed E-state index contributed by atoms with van der Waals surface area (Å²) in [4.78, 5) is 38.3. The van der Waals surface area contributed by atoms with E-state index in [1.54, 1.807) is 43.3 Å².